The Morgan fingerprint density at radius 2 is 2.09 bits per heavy atom. The molecule has 0 unspecified atom stereocenters. The summed E-state index contributed by atoms with van der Waals surface area (Å²) in [6, 6.07) is 7.57. The summed E-state index contributed by atoms with van der Waals surface area (Å²) in [7, 11) is 0. The third-order valence-corrected chi connectivity index (χ3v) is 4.10. The van der Waals surface area contributed by atoms with Crippen molar-refractivity contribution < 1.29 is 18.7 Å². The maximum Gasteiger partial charge on any atom is 0.227 e. The summed E-state index contributed by atoms with van der Waals surface area (Å²) in [6.07, 6.45) is -0.336. The topological polar surface area (TPSA) is 66.2 Å². The standard InChI is InChI=1S/C16H12FNO3S/c1-9-6-13(22-8-9)15-12(7-14(19)20)18-16(21-15)10-2-4-11(17)5-3-10/h2-6,8H,7H2,1H3,(H,19,20)/p-1. The second-order valence-electron chi connectivity index (χ2n) is 4.84. The third-order valence-electron chi connectivity index (χ3n) is 3.05. The molecular formula is C16H11FNO3S-. The molecule has 3 aromatic rings. The summed E-state index contributed by atoms with van der Waals surface area (Å²) in [5.41, 5.74) is 1.95. The van der Waals surface area contributed by atoms with Crippen LogP contribution in [0.1, 0.15) is 11.3 Å². The molecule has 0 atom stereocenters. The number of aromatic nitrogens is 1. The Kier molecular flexibility index (Phi) is 3.77. The fourth-order valence-corrected chi connectivity index (χ4v) is 2.97. The summed E-state index contributed by atoms with van der Waals surface area (Å²) in [5.74, 6) is -0.910. The minimum atomic E-state index is -1.23. The van der Waals surface area contributed by atoms with Crippen molar-refractivity contribution in [3.63, 3.8) is 0 Å². The monoisotopic (exact) mass is 316 g/mol. The summed E-state index contributed by atoms with van der Waals surface area (Å²) in [4.78, 5) is 15.9. The number of carboxylic acid groups (broad SMARTS) is 1. The first-order chi connectivity index (χ1) is 10.5. The van der Waals surface area contributed by atoms with Crippen molar-refractivity contribution in [2.45, 2.75) is 13.3 Å². The number of thiophene rings is 1. The number of aryl methyl sites for hydroxylation is 1. The van der Waals surface area contributed by atoms with E-state index in [0.717, 1.165) is 10.4 Å². The van der Waals surface area contributed by atoms with E-state index in [2.05, 4.69) is 4.98 Å². The van der Waals surface area contributed by atoms with E-state index in [0.29, 0.717) is 17.0 Å². The van der Waals surface area contributed by atoms with Crippen molar-refractivity contribution in [2.24, 2.45) is 0 Å². The van der Waals surface area contributed by atoms with E-state index in [1.165, 1.54) is 35.6 Å². The van der Waals surface area contributed by atoms with Crippen molar-refractivity contribution in [3.05, 3.63) is 52.8 Å². The number of benzene rings is 1. The van der Waals surface area contributed by atoms with Crippen LogP contribution < -0.4 is 5.11 Å². The maximum atomic E-state index is 13.0. The van der Waals surface area contributed by atoms with Crippen molar-refractivity contribution in [1.29, 1.82) is 0 Å². The SMILES string of the molecule is Cc1csc(-c2oc(-c3ccc(F)cc3)nc2CC(=O)[O-])c1. The van der Waals surface area contributed by atoms with Crippen LogP contribution in [0.5, 0.6) is 0 Å². The number of carbonyl (C=O) groups is 1. The highest BCUT2D eigenvalue weighted by Gasteiger charge is 2.17. The summed E-state index contributed by atoms with van der Waals surface area (Å²) < 4.78 is 18.7. The van der Waals surface area contributed by atoms with E-state index >= 15 is 0 Å². The molecule has 0 saturated carbocycles. The van der Waals surface area contributed by atoms with Gasteiger partial charge in [-0.25, -0.2) is 9.37 Å². The predicted octanol–water partition coefficient (Wildman–Crippen LogP) is 2.81. The lowest BCUT2D eigenvalue weighted by molar-refractivity contribution is -0.304. The fraction of sp³-hybridized carbons (Fsp3) is 0.125. The van der Waals surface area contributed by atoms with E-state index < -0.39 is 5.97 Å². The van der Waals surface area contributed by atoms with Crippen LogP contribution >= 0.6 is 11.3 Å². The Morgan fingerprint density at radius 3 is 2.68 bits per heavy atom. The molecule has 0 N–H and O–H groups in total. The predicted molar refractivity (Wildman–Crippen MR) is 78.7 cm³/mol. The molecule has 112 valence electrons. The largest absolute Gasteiger partial charge is 0.550 e. The van der Waals surface area contributed by atoms with Crippen LogP contribution in [0.2, 0.25) is 0 Å². The van der Waals surface area contributed by atoms with E-state index in [-0.39, 0.29) is 18.1 Å². The van der Waals surface area contributed by atoms with E-state index in [4.69, 9.17) is 4.42 Å². The highest BCUT2D eigenvalue weighted by atomic mass is 32.1. The Hall–Kier alpha value is -2.47. The minimum absolute atomic E-state index is 0.261. The van der Waals surface area contributed by atoms with Crippen molar-refractivity contribution in [1.82, 2.24) is 4.98 Å². The van der Waals surface area contributed by atoms with E-state index in [9.17, 15) is 14.3 Å². The van der Waals surface area contributed by atoms with Crippen LogP contribution in [0, 0.1) is 12.7 Å². The van der Waals surface area contributed by atoms with Gasteiger partial charge in [0, 0.05) is 18.0 Å². The summed E-state index contributed by atoms with van der Waals surface area (Å²) in [5, 5.41) is 12.9. The van der Waals surface area contributed by atoms with Gasteiger partial charge in [-0.15, -0.1) is 11.3 Å². The Bertz CT molecular complexity index is 820. The zero-order valence-electron chi connectivity index (χ0n) is 11.6. The lowest BCUT2D eigenvalue weighted by Gasteiger charge is -1.99. The van der Waals surface area contributed by atoms with Gasteiger partial charge in [0.25, 0.3) is 0 Å². The molecule has 0 bridgehead atoms. The Balaban J connectivity index is 2.07. The van der Waals surface area contributed by atoms with Crippen molar-refractivity contribution in [3.8, 4) is 22.1 Å². The van der Waals surface area contributed by atoms with Gasteiger partial charge in [0.2, 0.25) is 5.89 Å². The number of halogens is 1. The van der Waals surface area contributed by atoms with E-state index in [1.54, 1.807) is 0 Å². The molecule has 0 aliphatic rings. The molecule has 2 heterocycles. The van der Waals surface area contributed by atoms with Crippen LogP contribution in [-0.4, -0.2) is 11.0 Å². The molecule has 6 heteroatoms. The molecule has 0 spiro atoms. The lowest BCUT2D eigenvalue weighted by Crippen LogP contribution is -2.24. The smallest absolute Gasteiger partial charge is 0.227 e. The van der Waals surface area contributed by atoms with Gasteiger partial charge in [-0.3, -0.25) is 0 Å². The highest BCUT2D eigenvalue weighted by Crippen LogP contribution is 2.34. The zero-order valence-corrected chi connectivity index (χ0v) is 12.4. The van der Waals surface area contributed by atoms with Gasteiger partial charge >= 0.3 is 0 Å². The number of carboxylic acids is 1. The van der Waals surface area contributed by atoms with Gasteiger partial charge in [0.1, 0.15) is 5.82 Å². The molecule has 3 rings (SSSR count). The first-order valence-corrected chi connectivity index (χ1v) is 7.42. The molecule has 0 radical (unpaired) electrons. The average molecular weight is 316 g/mol. The second-order valence-corrected chi connectivity index (χ2v) is 5.75. The van der Waals surface area contributed by atoms with E-state index in [1.807, 2.05) is 18.4 Å². The van der Waals surface area contributed by atoms with Crippen LogP contribution in [0.25, 0.3) is 22.1 Å². The molecular weight excluding hydrogens is 305 g/mol. The molecule has 2 aromatic heterocycles. The molecule has 0 amide bonds. The first kappa shape index (κ1) is 14.5. The summed E-state index contributed by atoms with van der Waals surface area (Å²) >= 11 is 1.45. The fourth-order valence-electron chi connectivity index (χ4n) is 2.07. The second kappa shape index (κ2) is 5.73. The average Bonchev–Trinajstić information content (AvgIpc) is 3.05. The van der Waals surface area contributed by atoms with Gasteiger partial charge in [0.05, 0.1) is 10.6 Å². The maximum absolute atomic E-state index is 13.0. The van der Waals surface area contributed by atoms with Crippen molar-refractivity contribution >= 4 is 17.3 Å². The normalized spacial score (nSPS) is 10.8. The lowest BCUT2D eigenvalue weighted by atomic mass is 10.2. The van der Waals surface area contributed by atoms with Crippen molar-refractivity contribution in [2.75, 3.05) is 0 Å². The molecule has 0 saturated heterocycles. The molecule has 1 aromatic carbocycles. The van der Waals surface area contributed by atoms with Crippen LogP contribution in [0.15, 0.2) is 40.1 Å². The number of hydrogen-bond acceptors (Lipinski definition) is 5. The van der Waals surface area contributed by atoms with Crippen LogP contribution in [-0.2, 0) is 11.2 Å². The molecule has 4 nitrogen and oxygen atoms in total. The Labute approximate surface area is 129 Å². The zero-order chi connectivity index (χ0) is 15.7. The highest BCUT2D eigenvalue weighted by molar-refractivity contribution is 7.13. The quantitative estimate of drug-likeness (QED) is 0.742. The van der Waals surface area contributed by atoms with Gasteiger partial charge < -0.3 is 14.3 Å². The van der Waals surface area contributed by atoms with Gasteiger partial charge in [-0.05, 0) is 48.2 Å². The number of carbonyl (C=O) groups excluding carboxylic acids is 1. The summed E-state index contributed by atoms with van der Waals surface area (Å²) in [6.45, 7) is 1.94. The third kappa shape index (κ3) is 2.92. The molecule has 22 heavy (non-hydrogen) atoms. The molecule has 0 fully saturated rings. The molecule has 0 aliphatic heterocycles. The van der Waals surface area contributed by atoms with Gasteiger partial charge in [0.15, 0.2) is 5.76 Å². The minimum Gasteiger partial charge on any atom is -0.550 e. The first-order valence-electron chi connectivity index (χ1n) is 6.54. The number of aliphatic carboxylic acids is 1. The van der Waals surface area contributed by atoms with Crippen LogP contribution in [0.3, 0.4) is 0 Å². The molecule has 0 aliphatic carbocycles. The number of hydrogen-bond donors (Lipinski definition) is 0. The van der Waals surface area contributed by atoms with Gasteiger partial charge in [-0.1, -0.05) is 0 Å². The van der Waals surface area contributed by atoms with Crippen LogP contribution in [0.4, 0.5) is 4.39 Å². The number of oxazole rings is 1. The Morgan fingerprint density at radius 1 is 1.36 bits per heavy atom. The number of rotatable bonds is 4. The van der Waals surface area contributed by atoms with Gasteiger partial charge in [-0.2, -0.15) is 0 Å². The number of nitrogens with zero attached hydrogens (tertiary/aromatic N) is 1.